The van der Waals surface area contributed by atoms with Crippen LogP contribution in [0.25, 0.3) is 0 Å². The summed E-state index contributed by atoms with van der Waals surface area (Å²) in [5, 5.41) is 7.33. The second-order valence-electron chi connectivity index (χ2n) is 7.60. The number of aromatic nitrogens is 2. The van der Waals surface area contributed by atoms with Crippen molar-refractivity contribution in [2.75, 3.05) is 26.0 Å². The highest BCUT2D eigenvalue weighted by Crippen LogP contribution is 2.19. The number of likely N-dealkylation sites (tertiary alicyclic amines) is 1. The van der Waals surface area contributed by atoms with Crippen LogP contribution in [-0.2, 0) is 38.1 Å². The summed E-state index contributed by atoms with van der Waals surface area (Å²) in [6, 6.07) is 3.30. The Kier molecular flexibility index (Phi) is 7.84. The number of aryl methyl sites for hydroxylation is 1. The molecular weight excluding hydrogens is 436 g/mol. The van der Waals surface area contributed by atoms with Gasteiger partial charge >= 0.3 is 5.97 Å². The number of nitrogens with one attached hydrogen (secondary N) is 1. The van der Waals surface area contributed by atoms with Crippen molar-refractivity contribution in [2.24, 2.45) is 0 Å². The lowest BCUT2D eigenvalue weighted by molar-refractivity contribution is -0.133. The van der Waals surface area contributed by atoms with E-state index in [0.29, 0.717) is 24.5 Å². The van der Waals surface area contributed by atoms with E-state index in [4.69, 9.17) is 9.15 Å². The lowest BCUT2D eigenvalue weighted by Gasteiger charge is -2.33. The Morgan fingerprint density at radius 2 is 2.16 bits per heavy atom. The second-order valence-corrected chi connectivity index (χ2v) is 8.90. The zero-order valence-corrected chi connectivity index (χ0v) is 19.3. The summed E-state index contributed by atoms with van der Waals surface area (Å²) in [6.07, 6.45) is 4.66. The molecule has 2 amide bonds. The van der Waals surface area contributed by atoms with Crippen LogP contribution >= 0.6 is 0 Å². The van der Waals surface area contributed by atoms with E-state index in [1.54, 1.807) is 30.9 Å². The molecule has 3 rings (SSSR count). The average molecular weight is 465 g/mol. The number of rotatable bonds is 8. The molecule has 2 aromatic heterocycles. The fourth-order valence-electron chi connectivity index (χ4n) is 3.80. The first kappa shape index (κ1) is 23.7. The highest BCUT2D eigenvalue weighted by Gasteiger charge is 2.28. The van der Waals surface area contributed by atoms with Gasteiger partial charge in [-0.05, 0) is 38.8 Å². The summed E-state index contributed by atoms with van der Waals surface area (Å²) in [4.78, 5) is 39.2. The van der Waals surface area contributed by atoms with Crippen LogP contribution in [0.5, 0.6) is 0 Å². The molecule has 32 heavy (non-hydrogen) atoms. The molecule has 174 valence electrons. The van der Waals surface area contributed by atoms with Crippen molar-refractivity contribution in [1.82, 2.24) is 20.0 Å². The summed E-state index contributed by atoms with van der Waals surface area (Å²) in [5.41, 5.74) is 0.488. The summed E-state index contributed by atoms with van der Waals surface area (Å²) in [6.45, 7) is 4.32. The van der Waals surface area contributed by atoms with E-state index in [-0.39, 0.29) is 48.0 Å². The Morgan fingerprint density at radius 1 is 1.38 bits per heavy atom. The predicted octanol–water partition coefficient (Wildman–Crippen LogP) is 1.05. The van der Waals surface area contributed by atoms with Gasteiger partial charge in [-0.3, -0.25) is 13.8 Å². The largest absolute Gasteiger partial charge is 0.469 e. The highest BCUT2D eigenvalue weighted by atomic mass is 32.2. The summed E-state index contributed by atoms with van der Waals surface area (Å²) in [5.74, 6) is -0.392. The fraction of sp³-hybridized carbons (Fsp3) is 0.524. The van der Waals surface area contributed by atoms with Crippen LogP contribution in [0.15, 0.2) is 27.8 Å². The van der Waals surface area contributed by atoms with Gasteiger partial charge in [0.05, 0.1) is 35.8 Å². The SMILES string of the molecule is CCOC(=O)c1c(C)nn(CC(=O)N[C@H]2CCCN(C(=O)Cc3ccco3)C2)c1S(C)=O. The van der Waals surface area contributed by atoms with Gasteiger partial charge in [0.1, 0.15) is 22.9 Å². The number of ether oxygens (including phenoxy) is 1. The first-order chi connectivity index (χ1) is 15.3. The topological polar surface area (TPSA) is 124 Å². The second kappa shape index (κ2) is 10.6. The summed E-state index contributed by atoms with van der Waals surface area (Å²) >= 11 is 0. The Labute approximate surface area is 188 Å². The number of esters is 1. The molecule has 2 aromatic rings. The van der Waals surface area contributed by atoms with E-state index in [9.17, 15) is 18.6 Å². The van der Waals surface area contributed by atoms with Crippen molar-refractivity contribution >= 4 is 28.6 Å². The van der Waals surface area contributed by atoms with Gasteiger partial charge < -0.3 is 19.4 Å². The van der Waals surface area contributed by atoms with Crippen molar-refractivity contribution in [1.29, 1.82) is 0 Å². The predicted molar refractivity (Wildman–Crippen MR) is 115 cm³/mol. The number of carbonyl (C=O) groups excluding carboxylic acids is 3. The quantitative estimate of drug-likeness (QED) is 0.579. The van der Waals surface area contributed by atoms with E-state index in [1.807, 2.05) is 0 Å². The lowest BCUT2D eigenvalue weighted by atomic mass is 10.0. The molecule has 11 heteroatoms. The van der Waals surface area contributed by atoms with Gasteiger partial charge in [-0.15, -0.1) is 0 Å². The third-order valence-electron chi connectivity index (χ3n) is 5.17. The Hall–Kier alpha value is -2.95. The lowest BCUT2D eigenvalue weighted by Crippen LogP contribution is -2.50. The molecule has 0 radical (unpaired) electrons. The fourth-order valence-corrected chi connectivity index (χ4v) is 4.72. The molecule has 10 nitrogen and oxygen atoms in total. The molecule has 1 aliphatic rings. The molecule has 1 saturated heterocycles. The van der Waals surface area contributed by atoms with Crippen LogP contribution < -0.4 is 5.32 Å². The van der Waals surface area contributed by atoms with Gasteiger partial charge in [0.15, 0.2) is 0 Å². The minimum Gasteiger partial charge on any atom is -0.469 e. The van der Waals surface area contributed by atoms with Crippen LogP contribution in [0.3, 0.4) is 0 Å². The third kappa shape index (κ3) is 5.64. The molecule has 0 bridgehead atoms. The van der Waals surface area contributed by atoms with Crippen LogP contribution in [0.4, 0.5) is 0 Å². The van der Waals surface area contributed by atoms with Gasteiger partial charge in [-0.25, -0.2) is 9.48 Å². The van der Waals surface area contributed by atoms with E-state index in [1.165, 1.54) is 17.2 Å². The van der Waals surface area contributed by atoms with E-state index < -0.39 is 16.8 Å². The number of piperidine rings is 1. The molecule has 1 aliphatic heterocycles. The van der Waals surface area contributed by atoms with Gasteiger partial charge in [0.25, 0.3) is 0 Å². The molecule has 0 saturated carbocycles. The normalized spacial score (nSPS) is 17.1. The number of furan rings is 1. The number of carbonyl (C=O) groups is 3. The van der Waals surface area contributed by atoms with Gasteiger partial charge in [0, 0.05) is 25.4 Å². The van der Waals surface area contributed by atoms with E-state index in [0.717, 1.165) is 12.8 Å². The molecule has 2 atom stereocenters. The monoisotopic (exact) mass is 464 g/mol. The van der Waals surface area contributed by atoms with Gasteiger partial charge in [-0.1, -0.05) is 0 Å². The third-order valence-corrected chi connectivity index (χ3v) is 6.13. The summed E-state index contributed by atoms with van der Waals surface area (Å²) in [7, 11) is -1.55. The smallest absolute Gasteiger partial charge is 0.342 e. The Balaban J connectivity index is 1.64. The minimum atomic E-state index is -1.55. The van der Waals surface area contributed by atoms with Crippen LogP contribution in [0.2, 0.25) is 0 Å². The maximum Gasteiger partial charge on any atom is 0.342 e. The molecule has 3 heterocycles. The van der Waals surface area contributed by atoms with Gasteiger partial charge in [0.2, 0.25) is 11.8 Å². The van der Waals surface area contributed by atoms with Crippen molar-refractivity contribution in [3.8, 4) is 0 Å². The molecule has 0 spiro atoms. The van der Waals surface area contributed by atoms with Crippen LogP contribution in [0, 0.1) is 6.92 Å². The van der Waals surface area contributed by atoms with Crippen molar-refractivity contribution < 1.29 is 27.7 Å². The van der Waals surface area contributed by atoms with E-state index in [2.05, 4.69) is 10.4 Å². The zero-order chi connectivity index (χ0) is 23.3. The molecule has 1 unspecified atom stereocenters. The van der Waals surface area contributed by atoms with Crippen LogP contribution in [-0.4, -0.2) is 68.7 Å². The maximum atomic E-state index is 12.7. The van der Waals surface area contributed by atoms with Crippen molar-refractivity contribution in [3.63, 3.8) is 0 Å². The molecule has 1 N–H and O–H groups in total. The van der Waals surface area contributed by atoms with Crippen molar-refractivity contribution in [2.45, 2.75) is 50.7 Å². The maximum absolute atomic E-state index is 12.7. The molecular formula is C21H28N4O6S. The zero-order valence-electron chi connectivity index (χ0n) is 18.5. The standard InChI is InChI=1S/C21H28N4O6S/c1-4-30-21(28)19-14(2)23-25(20(19)32(3)29)13-17(26)22-15-7-5-9-24(12-15)18(27)11-16-8-6-10-31-16/h6,8,10,15H,4-5,7,9,11-13H2,1-3H3,(H,22,26)/t15-,32?/m0/s1. The number of amides is 2. The molecule has 0 aliphatic carbocycles. The number of hydrogen-bond donors (Lipinski definition) is 1. The Bertz CT molecular complexity index is 1000. The minimum absolute atomic E-state index is 0.0515. The molecule has 1 fully saturated rings. The number of nitrogens with zero attached hydrogens (tertiary/aromatic N) is 3. The molecule has 0 aromatic carbocycles. The van der Waals surface area contributed by atoms with Gasteiger partial charge in [-0.2, -0.15) is 5.10 Å². The van der Waals surface area contributed by atoms with Crippen LogP contribution in [0.1, 0.15) is 41.6 Å². The Morgan fingerprint density at radius 3 is 2.81 bits per heavy atom. The first-order valence-corrected chi connectivity index (χ1v) is 12.0. The first-order valence-electron chi connectivity index (χ1n) is 10.5. The number of hydrogen-bond acceptors (Lipinski definition) is 7. The highest BCUT2D eigenvalue weighted by molar-refractivity contribution is 7.84. The van der Waals surface area contributed by atoms with Crippen molar-refractivity contribution in [3.05, 3.63) is 35.4 Å². The average Bonchev–Trinajstić information content (AvgIpc) is 3.35. The van der Waals surface area contributed by atoms with E-state index >= 15 is 0 Å². The summed E-state index contributed by atoms with van der Waals surface area (Å²) < 4.78 is 23.9.